The zero-order valence-corrected chi connectivity index (χ0v) is 14.3. The van der Waals surface area contributed by atoms with Gasteiger partial charge in [0.15, 0.2) is 0 Å². The van der Waals surface area contributed by atoms with Gasteiger partial charge in [-0.2, -0.15) is 0 Å². The second kappa shape index (κ2) is 6.72. The normalized spacial score (nSPS) is 15.8. The van der Waals surface area contributed by atoms with Crippen LogP contribution in [0.15, 0.2) is 47.5 Å². The number of hydrogen-bond donors (Lipinski definition) is 1. The van der Waals surface area contributed by atoms with E-state index in [4.69, 9.17) is 9.40 Å². The van der Waals surface area contributed by atoms with Crippen molar-refractivity contribution in [3.63, 3.8) is 0 Å². The van der Waals surface area contributed by atoms with Crippen LogP contribution >= 0.6 is 0 Å². The van der Waals surface area contributed by atoms with Gasteiger partial charge in [0.25, 0.3) is 5.91 Å². The first-order valence-electron chi connectivity index (χ1n) is 8.69. The number of nitrogens with zero attached hydrogens (tertiary/aromatic N) is 3. The van der Waals surface area contributed by atoms with E-state index in [1.54, 1.807) is 6.07 Å². The summed E-state index contributed by atoms with van der Waals surface area (Å²) < 4.78 is 7.07. The average molecular weight is 338 g/mol. The zero-order chi connectivity index (χ0) is 17.2. The molecule has 0 saturated carbocycles. The van der Waals surface area contributed by atoms with Crippen LogP contribution in [0.3, 0.4) is 0 Å². The second-order valence-electron chi connectivity index (χ2n) is 6.61. The van der Waals surface area contributed by atoms with Gasteiger partial charge in [-0.05, 0) is 37.5 Å². The Balaban J connectivity index is 1.31. The van der Waals surface area contributed by atoms with Crippen molar-refractivity contribution in [3.8, 4) is 0 Å². The molecule has 130 valence electrons. The van der Waals surface area contributed by atoms with Crippen LogP contribution in [0.5, 0.6) is 0 Å². The van der Waals surface area contributed by atoms with Crippen LogP contribution in [0.25, 0.3) is 5.65 Å². The maximum absolute atomic E-state index is 12.3. The van der Waals surface area contributed by atoms with E-state index in [9.17, 15) is 4.79 Å². The predicted octanol–water partition coefficient (Wildman–Crippen LogP) is 2.63. The molecule has 1 aliphatic heterocycles. The lowest BCUT2D eigenvalue weighted by Gasteiger charge is -2.32. The van der Waals surface area contributed by atoms with Gasteiger partial charge in [-0.1, -0.05) is 6.07 Å². The number of carbonyl (C=O) groups excluding carboxylic acids is 1. The van der Waals surface area contributed by atoms with Crippen molar-refractivity contribution in [2.45, 2.75) is 32.4 Å². The van der Waals surface area contributed by atoms with E-state index in [0.29, 0.717) is 11.6 Å². The van der Waals surface area contributed by atoms with Crippen LogP contribution in [0, 0.1) is 6.92 Å². The van der Waals surface area contributed by atoms with E-state index in [-0.39, 0.29) is 5.91 Å². The number of pyridine rings is 1. The van der Waals surface area contributed by atoms with Crippen LogP contribution in [-0.2, 0) is 6.54 Å². The number of piperidine rings is 1. The maximum atomic E-state index is 12.3. The van der Waals surface area contributed by atoms with E-state index in [0.717, 1.165) is 43.8 Å². The molecule has 0 atom stereocenters. The third kappa shape index (κ3) is 3.30. The molecule has 1 amide bonds. The molecule has 6 nitrogen and oxygen atoms in total. The van der Waals surface area contributed by atoms with E-state index >= 15 is 0 Å². The lowest BCUT2D eigenvalue weighted by Crippen LogP contribution is -2.44. The maximum Gasteiger partial charge on any atom is 0.257 e. The molecule has 0 radical (unpaired) electrons. The molecule has 0 aliphatic carbocycles. The third-order valence-electron chi connectivity index (χ3n) is 4.85. The average Bonchev–Trinajstić information content (AvgIpc) is 3.30. The number of amides is 1. The summed E-state index contributed by atoms with van der Waals surface area (Å²) in [5, 5.41) is 3.58. The Morgan fingerprint density at radius 2 is 2.20 bits per heavy atom. The summed E-state index contributed by atoms with van der Waals surface area (Å²) in [4.78, 5) is 18.9. The summed E-state index contributed by atoms with van der Waals surface area (Å²) >= 11 is 0. The highest BCUT2D eigenvalue weighted by Crippen LogP contribution is 2.15. The Bertz CT molecular complexity index is 861. The van der Waals surface area contributed by atoms with Crippen molar-refractivity contribution in [2.75, 3.05) is 13.1 Å². The highest BCUT2D eigenvalue weighted by Gasteiger charge is 2.24. The molecular formula is C19H22N4O2. The minimum absolute atomic E-state index is 0.0584. The fourth-order valence-electron chi connectivity index (χ4n) is 3.39. The Morgan fingerprint density at radius 3 is 2.92 bits per heavy atom. The van der Waals surface area contributed by atoms with E-state index < -0.39 is 0 Å². The fraction of sp³-hybridized carbons (Fsp3) is 0.368. The Hall–Kier alpha value is -2.60. The van der Waals surface area contributed by atoms with Crippen LogP contribution in [0.4, 0.5) is 0 Å². The first-order valence-corrected chi connectivity index (χ1v) is 8.69. The predicted molar refractivity (Wildman–Crippen MR) is 94.4 cm³/mol. The van der Waals surface area contributed by atoms with Crippen molar-refractivity contribution in [1.82, 2.24) is 19.6 Å². The summed E-state index contributed by atoms with van der Waals surface area (Å²) in [5.41, 5.74) is 3.87. The van der Waals surface area contributed by atoms with Gasteiger partial charge in [0.05, 0.1) is 17.5 Å². The SMILES string of the molecule is Cc1cccn2cc(CNC3CCN(C(=O)c4ccoc4)CC3)nc12. The lowest BCUT2D eigenvalue weighted by atomic mass is 10.0. The van der Waals surface area contributed by atoms with Gasteiger partial charge in [0, 0.05) is 38.1 Å². The smallest absolute Gasteiger partial charge is 0.257 e. The minimum atomic E-state index is 0.0584. The number of aromatic nitrogens is 2. The molecule has 0 aromatic carbocycles. The van der Waals surface area contributed by atoms with Crippen LogP contribution < -0.4 is 5.32 Å². The van der Waals surface area contributed by atoms with Gasteiger partial charge in [-0.15, -0.1) is 0 Å². The molecule has 1 aliphatic rings. The molecule has 25 heavy (non-hydrogen) atoms. The van der Waals surface area contributed by atoms with Gasteiger partial charge >= 0.3 is 0 Å². The number of likely N-dealkylation sites (tertiary alicyclic amines) is 1. The molecule has 0 bridgehead atoms. The van der Waals surface area contributed by atoms with Gasteiger partial charge in [0.1, 0.15) is 11.9 Å². The Kier molecular flexibility index (Phi) is 4.28. The first-order chi connectivity index (χ1) is 12.2. The van der Waals surface area contributed by atoms with Crippen molar-refractivity contribution in [1.29, 1.82) is 0 Å². The molecule has 1 saturated heterocycles. The monoisotopic (exact) mass is 338 g/mol. The van der Waals surface area contributed by atoms with Gasteiger partial charge < -0.3 is 19.0 Å². The largest absolute Gasteiger partial charge is 0.472 e. The van der Waals surface area contributed by atoms with Crippen LogP contribution in [0.2, 0.25) is 0 Å². The van der Waals surface area contributed by atoms with E-state index in [1.807, 2.05) is 17.2 Å². The molecule has 3 aromatic heterocycles. The number of hydrogen-bond acceptors (Lipinski definition) is 4. The summed E-state index contributed by atoms with van der Waals surface area (Å²) in [5.74, 6) is 0.0584. The number of nitrogens with one attached hydrogen (secondary N) is 1. The molecule has 4 rings (SSSR count). The highest BCUT2D eigenvalue weighted by molar-refractivity contribution is 5.93. The highest BCUT2D eigenvalue weighted by atomic mass is 16.3. The minimum Gasteiger partial charge on any atom is -0.472 e. The quantitative estimate of drug-likeness (QED) is 0.794. The summed E-state index contributed by atoms with van der Waals surface area (Å²) in [7, 11) is 0. The second-order valence-corrected chi connectivity index (χ2v) is 6.61. The number of rotatable bonds is 4. The zero-order valence-electron chi connectivity index (χ0n) is 14.3. The van der Waals surface area contributed by atoms with Crippen LogP contribution in [0.1, 0.15) is 34.5 Å². The molecule has 3 aromatic rings. The number of fused-ring (bicyclic) bond motifs is 1. The first kappa shape index (κ1) is 15.9. The number of furan rings is 1. The van der Waals surface area contributed by atoms with E-state index in [1.165, 1.54) is 18.1 Å². The fourth-order valence-corrected chi connectivity index (χ4v) is 3.39. The Morgan fingerprint density at radius 1 is 1.36 bits per heavy atom. The van der Waals surface area contributed by atoms with Gasteiger partial charge in [-0.25, -0.2) is 4.98 Å². The van der Waals surface area contributed by atoms with Crippen molar-refractivity contribution in [2.24, 2.45) is 0 Å². The molecule has 4 heterocycles. The molecular weight excluding hydrogens is 316 g/mol. The summed E-state index contributed by atoms with van der Waals surface area (Å²) in [6.45, 7) is 4.37. The van der Waals surface area contributed by atoms with Gasteiger partial charge in [0.2, 0.25) is 0 Å². The van der Waals surface area contributed by atoms with E-state index in [2.05, 4.69) is 28.9 Å². The number of imidazole rings is 1. The summed E-state index contributed by atoms with van der Waals surface area (Å²) in [6, 6.07) is 6.25. The topological polar surface area (TPSA) is 62.8 Å². The summed E-state index contributed by atoms with van der Waals surface area (Å²) in [6.07, 6.45) is 9.06. The van der Waals surface area contributed by atoms with Crippen molar-refractivity contribution >= 4 is 11.6 Å². The van der Waals surface area contributed by atoms with Crippen molar-refractivity contribution < 1.29 is 9.21 Å². The lowest BCUT2D eigenvalue weighted by molar-refractivity contribution is 0.0704. The van der Waals surface area contributed by atoms with Gasteiger partial charge in [-0.3, -0.25) is 4.79 Å². The molecule has 1 N–H and O–H groups in total. The third-order valence-corrected chi connectivity index (χ3v) is 4.85. The standard InChI is InChI=1S/C19H22N4O2/c1-14-3-2-7-23-12-17(21-18(14)23)11-20-16-4-8-22(9-5-16)19(24)15-6-10-25-13-15/h2-3,6-7,10,12-13,16,20H,4-5,8-9,11H2,1H3. The van der Waals surface area contributed by atoms with Crippen molar-refractivity contribution in [3.05, 3.63) is 59.9 Å². The Labute approximate surface area is 146 Å². The van der Waals surface area contributed by atoms with Crippen LogP contribution in [-0.4, -0.2) is 39.3 Å². The number of aryl methyl sites for hydroxylation is 1. The molecule has 0 spiro atoms. The molecule has 6 heteroatoms. The number of carbonyl (C=O) groups is 1. The molecule has 1 fully saturated rings. The molecule has 0 unspecified atom stereocenters.